The summed E-state index contributed by atoms with van der Waals surface area (Å²) in [4.78, 5) is 18.8. The van der Waals surface area contributed by atoms with Crippen LogP contribution >= 0.6 is 15.9 Å². The van der Waals surface area contributed by atoms with E-state index in [0.717, 1.165) is 26.9 Å². The Balaban J connectivity index is 1.57. The lowest BCUT2D eigenvalue weighted by atomic mass is 9.86. The van der Waals surface area contributed by atoms with Crippen LogP contribution in [0.15, 0.2) is 82.3 Å². The number of aliphatic hydroxyl groups excluding tert-OH is 1. The van der Waals surface area contributed by atoms with E-state index in [2.05, 4.69) is 21.2 Å². The average molecular weight is 582 g/mol. The van der Waals surface area contributed by atoms with Gasteiger partial charge in [-0.2, -0.15) is 0 Å². The van der Waals surface area contributed by atoms with Crippen molar-refractivity contribution in [2.75, 3.05) is 26.9 Å². The zero-order valence-corrected chi connectivity index (χ0v) is 23.2. The zero-order valence-electron chi connectivity index (χ0n) is 21.7. The smallest absolute Gasteiger partial charge is 0.252 e. The van der Waals surface area contributed by atoms with E-state index in [-0.39, 0.29) is 12.5 Å². The predicted molar refractivity (Wildman–Crippen MR) is 151 cm³/mol. The summed E-state index contributed by atoms with van der Waals surface area (Å²) in [6, 6.07) is 23.1. The number of para-hydroxylation sites is 1. The fourth-order valence-corrected chi connectivity index (χ4v) is 4.87. The summed E-state index contributed by atoms with van der Waals surface area (Å²) in [5.74, 6) is 1.73. The number of benzene rings is 3. The van der Waals surface area contributed by atoms with Gasteiger partial charge in [0.05, 0.1) is 13.7 Å². The quantitative estimate of drug-likeness (QED) is 0.302. The Morgan fingerprint density at radius 2 is 1.79 bits per heavy atom. The molecule has 3 aromatic carbocycles. The fraction of sp³-hybridized carbons (Fsp3) is 0.333. The first-order chi connectivity index (χ1) is 18.5. The maximum atomic E-state index is 13.8. The highest BCUT2D eigenvalue weighted by molar-refractivity contribution is 9.10. The van der Waals surface area contributed by atoms with Crippen molar-refractivity contribution in [2.45, 2.75) is 37.8 Å². The number of hydrogen-bond acceptors (Lipinski definition) is 6. The number of halogens is 1. The van der Waals surface area contributed by atoms with Crippen LogP contribution in [0.2, 0.25) is 0 Å². The van der Waals surface area contributed by atoms with Crippen LogP contribution in [-0.4, -0.2) is 55.4 Å². The van der Waals surface area contributed by atoms with Crippen molar-refractivity contribution in [3.63, 3.8) is 0 Å². The van der Waals surface area contributed by atoms with E-state index in [1.54, 1.807) is 7.11 Å². The van der Waals surface area contributed by atoms with Gasteiger partial charge in [-0.3, -0.25) is 4.79 Å². The summed E-state index contributed by atoms with van der Waals surface area (Å²) in [5.41, 5.74) is 1.62. The summed E-state index contributed by atoms with van der Waals surface area (Å²) in [6.45, 7) is 2.85. The zero-order chi connectivity index (χ0) is 27.0. The first-order valence-corrected chi connectivity index (χ1v) is 13.5. The number of nitrogens with one attached hydrogen (secondary N) is 1. The molecule has 38 heavy (non-hydrogen) atoms. The third kappa shape index (κ3) is 6.37. The number of aliphatic imine (C=N–C) groups is 1. The van der Waals surface area contributed by atoms with Gasteiger partial charge in [0.1, 0.15) is 17.6 Å². The third-order valence-corrected chi connectivity index (χ3v) is 7.39. The molecule has 4 rings (SSSR count). The SMILES string of the molecule is COc1ccccc1CCNC(=O)[C@]1(Cc2ccccc2Br)N=C(c2ccc(OCCCO)cc2)O[C@@H]1C. The standard InChI is InChI=1S/C30H33BrN2O5/c1-21-30(20-24-9-3-5-10-26(24)31,29(35)32-17-16-22-8-4-6-11-27(22)36-2)33-28(38-21)23-12-14-25(15-13-23)37-19-7-18-34/h3-6,8-15,21,34H,7,16-20H2,1-2H3,(H,32,35)/t21-,30-/m1/s1. The molecule has 0 spiro atoms. The van der Waals surface area contributed by atoms with Gasteiger partial charge in [0.2, 0.25) is 5.90 Å². The van der Waals surface area contributed by atoms with Crippen molar-refractivity contribution in [2.24, 2.45) is 4.99 Å². The molecule has 0 bridgehead atoms. The molecule has 0 unspecified atom stereocenters. The lowest BCUT2D eigenvalue weighted by Crippen LogP contribution is -2.53. The van der Waals surface area contributed by atoms with Gasteiger partial charge in [0.15, 0.2) is 5.54 Å². The molecule has 8 heteroatoms. The monoisotopic (exact) mass is 580 g/mol. The fourth-order valence-electron chi connectivity index (χ4n) is 4.45. The molecular weight excluding hydrogens is 548 g/mol. The molecule has 3 aromatic rings. The summed E-state index contributed by atoms with van der Waals surface area (Å²) < 4.78 is 18.2. The van der Waals surface area contributed by atoms with Crippen LogP contribution in [0.1, 0.15) is 30.0 Å². The van der Waals surface area contributed by atoms with Gasteiger partial charge in [0, 0.05) is 36.0 Å². The highest BCUT2D eigenvalue weighted by Crippen LogP contribution is 2.34. The van der Waals surface area contributed by atoms with Crippen molar-refractivity contribution in [3.8, 4) is 11.5 Å². The molecule has 1 aliphatic heterocycles. The molecule has 0 saturated carbocycles. The molecular formula is C30H33BrN2O5. The number of carbonyl (C=O) groups is 1. The van der Waals surface area contributed by atoms with Crippen LogP contribution < -0.4 is 14.8 Å². The number of hydrogen-bond donors (Lipinski definition) is 2. The number of amides is 1. The Bertz CT molecular complexity index is 1260. The van der Waals surface area contributed by atoms with Gasteiger partial charge >= 0.3 is 0 Å². The highest BCUT2D eigenvalue weighted by atomic mass is 79.9. The van der Waals surface area contributed by atoms with E-state index in [1.165, 1.54) is 0 Å². The van der Waals surface area contributed by atoms with Crippen molar-refractivity contribution in [3.05, 3.63) is 94.0 Å². The van der Waals surface area contributed by atoms with E-state index in [9.17, 15) is 4.79 Å². The van der Waals surface area contributed by atoms with Crippen LogP contribution in [0.3, 0.4) is 0 Å². The van der Waals surface area contributed by atoms with E-state index >= 15 is 0 Å². The molecule has 0 radical (unpaired) electrons. The second-order valence-electron chi connectivity index (χ2n) is 9.14. The molecule has 2 N–H and O–H groups in total. The average Bonchev–Trinajstić information content (AvgIpc) is 3.27. The third-order valence-electron chi connectivity index (χ3n) is 6.62. The molecule has 7 nitrogen and oxygen atoms in total. The molecule has 200 valence electrons. The lowest BCUT2D eigenvalue weighted by Gasteiger charge is -2.28. The van der Waals surface area contributed by atoms with Gasteiger partial charge in [-0.05, 0) is 60.9 Å². The predicted octanol–water partition coefficient (Wildman–Crippen LogP) is 4.72. The van der Waals surface area contributed by atoms with E-state index in [0.29, 0.717) is 44.1 Å². The van der Waals surface area contributed by atoms with Crippen LogP contribution in [0.5, 0.6) is 11.5 Å². The molecule has 0 aromatic heterocycles. The van der Waals surface area contributed by atoms with Gasteiger partial charge in [0.25, 0.3) is 5.91 Å². The van der Waals surface area contributed by atoms with E-state index in [1.807, 2.05) is 79.7 Å². The Hall–Kier alpha value is -3.36. The van der Waals surface area contributed by atoms with Gasteiger partial charge < -0.3 is 24.6 Å². The van der Waals surface area contributed by atoms with Crippen molar-refractivity contribution < 1.29 is 24.1 Å². The number of rotatable bonds is 12. The van der Waals surface area contributed by atoms with Crippen molar-refractivity contribution >= 4 is 27.7 Å². The maximum absolute atomic E-state index is 13.8. The second-order valence-corrected chi connectivity index (χ2v) is 9.99. The van der Waals surface area contributed by atoms with Crippen LogP contribution in [0.4, 0.5) is 0 Å². The normalized spacial score (nSPS) is 18.4. The van der Waals surface area contributed by atoms with Gasteiger partial charge in [-0.1, -0.05) is 52.3 Å². The second kappa shape index (κ2) is 12.9. The molecule has 0 fully saturated rings. The number of nitrogens with zero attached hydrogens (tertiary/aromatic N) is 1. The van der Waals surface area contributed by atoms with E-state index in [4.69, 9.17) is 24.3 Å². The first kappa shape index (κ1) is 27.7. The number of methoxy groups -OCH3 is 1. The minimum atomic E-state index is -1.14. The number of ether oxygens (including phenoxy) is 3. The summed E-state index contributed by atoms with van der Waals surface area (Å²) in [7, 11) is 1.64. The molecule has 1 amide bonds. The lowest BCUT2D eigenvalue weighted by molar-refractivity contribution is -0.128. The molecule has 1 heterocycles. The highest BCUT2D eigenvalue weighted by Gasteiger charge is 2.50. The molecule has 1 aliphatic rings. The summed E-state index contributed by atoms with van der Waals surface area (Å²) in [6.07, 6.45) is 1.09. The maximum Gasteiger partial charge on any atom is 0.252 e. The Morgan fingerprint density at radius 1 is 1.08 bits per heavy atom. The van der Waals surface area contributed by atoms with Gasteiger partial charge in [-0.15, -0.1) is 0 Å². The largest absolute Gasteiger partial charge is 0.496 e. The van der Waals surface area contributed by atoms with Gasteiger partial charge in [-0.25, -0.2) is 4.99 Å². The first-order valence-electron chi connectivity index (χ1n) is 12.7. The van der Waals surface area contributed by atoms with Crippen molar-refractivity contribution in [1.82, 2.24) is 5.32 Å². The van der Waals surface area contributed by atoms with Crippen LogP contribution in [-0.2, 0) is 22.4 Å². The van der Waals surface area contributed by atoms with Crippen LogP contribution in [0, 0.1) is 0 Å². The Labute approximate surface area is 232 Å². The Kier molecular flexibility index (Phi) is 9.42. The minimum Gasteiger partial charge on any atom is -0.496 e. The van der Waals surface area contributed by atoms with Crippen LogP contribution in [0.25, 0.3) is 0 Å². The molecule has 0 aliphatic carbocycles. The summed E-state index contributed by atoms with van der Waals surface area (Å²) in [5, 5.41) is 12.1. The van der Waals surface area contributed by atoms with E-state index < -0.39 is 11.6 Å². The summed E-state index contributed by atoms with van der Waals surface area (Å²) >= 11 is 3.63. The Morgan fingerprint density at radius 3 is 2.50 bits per heavy atom. The molecule has 2 atom stereocenters. The minimum absolute atomic E-state index is 0.0845. The topological polar surface area (TPSA) is 89.4 Å². The number of aliphatic hydroxyl groups is 1. The van der Waals surface area contributed by atoms with Crippen molar-refractivity contribution in [1.29, 1.82) is 0 Å². The number of carbonyl (C=O) groups excluding carboxylic acids is 1. The molecule has 0 saturated heterocycles.